The lowest BCUT2D eigenvalue weighted by Crippen LogP contribution is -2.52. The van der Waals surface area contributed by atoms with Gasteiger partial charge in [0.1, 0.15) is 5.75 Å². The van der Waals surface area contributed by atoms with Gasteiger partial charge in [-0.2, -0.15) is 0 Å². The topological polar surface area (TPSA) is 57.9 Å². The van der Waals surface area contributed by atoms with Gasteiger partial charge >= 0.3 is 0 Å². The highest BCUT2D eigenvalue weighted by Crippen LogP contribution is 2.22. The number of ether oxygens (including phenoxy) is 1. The van der Waals surface area contributed by atoms with E-state index in [0.29, 0.717) is 0 Å². The quantitative estimate of drug-likeness (QED) is 0.411. The third kappa shape index (κ3) is 5.26. The Labute approximate surface area is 172 Å². The second-order valence-electron chi connectivity index (χ2n) is 5.95. The Morgan fingerprint density at radius 2 is 2.08 bits per heavy atom. The van der Waals surface area contributed by atoms with Gasteiger partial charge in [-0.3, -0.25) is 4.99 Å². The lowest BCUT2D eigenvalue weighted by molar-refractivity contribution is 0.371. The summed E-state index contributed by atoms with van der Waals surface area (Å²) in [5.41, 5.74) is 1.21. The summed E-state index contributed by atoms with van der Waals surface area (Å²) in [6.45, 7) is 5.54. The number of anilines is 1. The normalized spacial score (nSPS) is 14.8. The number of aromatic nitrogens is 2. The van der Waals surface area contributed by atoms with Crippen LogP contribution in [0.4, 0.5) is 5.69 Å². The molecule has 1 aromatic heterocycles. The first kappa shape index (κ1) is 20.3. The van der Waals surface area contributed by atoms with Crippen molar-refractivity contribution in [3.05, 3.63) is 43.0 Å². The molecule has 0 spiro atoms. The highest BCUT2D eigenvalue weighted by atomic mass is 127. The van der Waals surface area contributed by atoms with Crippen molar-refractivity contribution in [3.63, 3.8) is 0 Å². The molecule has 7 nitrogen and oxygen atoms in total. The van der Waals surface area contributed by atoms with E-state index < -0.39 is 0 Å². The summed E-state index contributed by atoms with van der Waals surface area (Å²) in [7, 11) is 3.55. The van der Waals surface area contributed by atoms with Gasteiger partial charge in [0.2, 0.25) is 0 Å². The monoisotopic (exact) mass is 470 g/mol. The number of rotatable bonds is 5. The van der Waals surface area contributed by atoms with E-state index in [1.54, 1.807) is 13.3 Å². The predicted octanol–water partition coefficient (Wildman–Crippen LogP) is 1.91. The van der Waals surface area contributed by atoms with Crippen molar-refractivity contribution >= 4 is 35.6 Å². The molecule has 3 rings (SSSR count). The van der Waals surface area contributed by atoms with Gasteiger partial charge in [0.05, 0.1) is 13.4 Å². The Morgan fingerprint density at radius 1 is 1.27 bits per heavy atom. The first-order chi connectivity index (χ1) is 12.3. The minimum Gasteiger partial charge on any atom is -0.497 e. The zero-order chi connectivity index (χ0) is 17.5. The fraction of sp³-hybridized carbons (Fsp3) is 0.444. The Balaban J connectivity index is 0.00000243. The molecule has 8 heteroatoms. The number of halogens is 1. The van der Waals surface area contributed by atoms with Crippen LogP contribution in [-0.4, -0.2) is 67.3 Å². The van der Waals surface area contributed by atoms with Gasteiger partial charge in [-0.25, -0.2) is 4.98 Å². The van der Waals surface area contributed by atoms with Crippen LogP contribution in [0.2, 0.25) is 0 Å². The molecule has 142 valence electrons. The number of aliphatic imine (C=N–C) groups is 1. The molecule has 1 N–H and O–H groups in total. The van der Waals surface area contributed by atoms with Crippen LogP contribution in [0.1, 0.15) is 0 Å². The molecule has 2 heterocycles. The molecule has 0 aliphatic carbocycles. The van der Waals surface area contributed by atoms with Gasteiger partial charge in [-0.1, -0.05) is 6.07 Å². The lowest BCUT2D eigenvalue weighted by Gasteiger charge is -2.37. The molecule has 2 aromatic rings. The molecule has 0 amide bonds. The van der Waals surface area contributed by atoms with Crippen LogP contribution in [0.5, 0.6) is 5.75 Å². The Bertz CT molecular complexity index is 683. The van der Waals surface area contributed by atoms with Crippen LogP contribution in [0.3, 0.4) is 0 Å². The molecule has 1 aliphatic rings. The summed E-state index contributed by atoms with van der Waals surface area (Å²) < 4.78 is 7.38. The summed E-state index contributed by atoms with van der Waals surface area (Å²) in [5.74, 6) is 1.86. The molecule has 0 unspecified atom stereocenters. The van der Waals surface area contributed by atoms with Crippen LogP contribution in [0.15, 0.2) is 48.0 Å². The van der Waals surface area contributed by atoms with E-state index in [2.05, 4.69) is 41.8 Å². The molecular weight excluding hydrogens is 443 g/mol. The Kier molecular flexibility index (Phi) is 8.02. The van der Waals surface area contributed by atoms with E-state index in [0.717, 1.165) is 51.0 Å². The number of guanidine groups is 1. The van der Waals surface area contributed by atoms with Crippen molar-refractivity contribution in [1.29, 1.82) is 0 Å². The summed E-state index contributed by atoms with van der Waals surface area (Å²) in [5, 5.41) is 3.44. The predicted molar refractivity (Wildman–Crippen MR) is 116 cm³/mol. The average molecular weight is 470 g/mol. The van der Waals surface area contributed by atoms with Gasteiger partial charge in [0, 0.05) is 70.5 Å². The molecule has 26 heavy (non-hydrogen) atoms. The zero-order valence-electron chi connectivity index (χ0n) is 15.3. The molecular formula is C18H27IN6O. The van der Waals surface area contributed by atoms with E-state index in [1.807, 2.05) is 31.7 Å². The SMILES string of the molecule is CN=C(NCCn1ccnc1)N1CCN(c2cccc(OC)c2)CC1.I. The van der Waals surface area contributed by atoms with Gasteiger partial charge in [0.15, 0.2) is 5.96 Å². The number of methoxy groups -OCH3 is 1. The smallest absolute Gasteiger partial charge is 0.193 e. The van der Waals surface area contributed by atoms with Gasteiger partial charge < -0.3 is 24.4 Å². The maximum atomic E-state index is 5.32. The van der Waals surface area contributed by atoms with Crippen LogP contribution in [-0.2, 0) is 6.54 Å². The Hall–Kier alpha value is -1.97. The molecule has 1 fully saturated rings. The minimum absolute atomic E-state index is 0. The number of nitrogens with zero attached hydrogens (tertiary/aromatic N) is 5. The fourth-order valence-corrected chi connectivity index (χ4v) is 3.03. The lowest BCUT2D eigenvalue weighted by atomic mass is 10.2. The third-order valence-corrected chi connectivity index (χ3v) is 4.42. The van der Waals surface area contributed by atoms with Crippen LogP contribution in [0, 0.1) is 0 Å². The van der Waals surface area contributed by atoms with Crippen molar-refractivity contribution in [3.8, 4) is 5.75 Å². The zero-order valence-corrected chi connectivity index (χ0v) is 17.7. The number of nitrogens with one attached hydrogen (secondary N) is 1. The van der Waals surface area contributed by atoms with E-state index >= 15 is 0 Å². The summed E-state index contributed by atoms with van der Waals surface area (Å²) in [4.78, 5) is 13.2. The van der Waals surface area contributed by atoms with Crippen LogP contribution >= 0.6 is 24.0 Å². The van der Waals surface area contributed by atoms with Crippen molar-refractivity contribution in [1.82, 2.24) is 19.8 Å². The highest BCUT2D eigenvalue weighted by molar-refractivity contribution is 14.0. The largest absolute Gasteiger partial charge is 0.497 e. The second-order valence-corrected chi connectivity index (χ2v) is 5.95. The average Bonchev–Trinajstić information content (AvgIpc) is 3.19. The fourth-order valence-electron chi connectivity index (χ4n) is 3.03. The number of imidazole rings is 1. The molecule has 1 aliphatic heterocycles. The van der Waals surface area contributed by atoms with Gasteiger partial charge in [0.25, 0.3) is 0 Å². The second kappa shape index (κ2) is 10.2. The number of piperazine rings is 1. The first-order valence-corrected chi connectivity index (χ1v) is 8.60. The number of benzene rings is 1. The van der Waals surface area contributed by atoms with Crippen LogP contribution in [0.25, 0.3) is 0 Å². The summed E-state index contributed by atoms with van der Waals surface area (Å²) in [6, 6.07) is 8.24. The standard InChI is InChI=1S/C18H26N6O.HI/c1-19-18(21-7-9-22-8-6-20-15-22)24-12-10-23(11-13-24)16-4-3-5-17(14-16)25-2;/h3-6,8,14-15H,7,9-13H2,1-2H3,(H,19,21);1H. The third-order valence-electron chi connectivity index (χ3n) is 4.42. The number of hydrogen-bond acceptors (Lipinski definition) is 4. The van der Waals surface area contributed by atoms with E-state index in [9.17, 15) is 0 Å². The van der Waals surface area contributed by atoms with E-state index in [1.165, 1.54) is 5.69 Å². The molecule has 0 bridgehead atoms. The van der Waals surface area contributed by atoms with E-state index in [4.69, 9.17) is 4.74 Å². The van der Waals surface area contributed by atoms with Crippen molar-refractivity contribution in [2.75, 3.05) is 51.8 Å². The van der Waals surface area contributed by atoms with Crippen molar-refractivity contribution in [2.45, 2.75) is 6.54 Å². The first-order valence-electron chi connectivity index (χ1n) is 8.60. The van der Waals surface area contributed by atoms with Gasteiger partial charge in [-0.15, -0.1) is 24.0 Å². The highest BCUT2D eigenvalue weighted by Gasteiger charge is 2.19. The summed E-state index contributed by atoms with van der Waals surface area (Å²) in [6.07, 6.45) is 5.60. The maximum Gasteiger partial charge on any atom is 0.193 e. The molecule has 0 saturated carbocycles. The number of hydrogen-bond donors (Lipinski definition) is 1. The van der Waals surface area contributed by atoms with Crippen molar-refractivity contribution < 1.29 is 4.74 Å². The maximum absolute atomic E-state index is 5.32. The van der Waals surface area contributed by atoms with Crippen molar-refractivity contribution in [2.24, 2.45) is 4.99 Å². The molecule has 0 atom stereocenters. The van der Waals surface area contributed by atoms with Crippen LogP contribution < -0.4 is 15.0 Å². The molecule has 0 radical (unpaired) electrons. The van der Waals surface area contributed by atoms with E-state index in [-0.39, 0.29) is 24.0 Å². The minimum atomic E-state index is 0. The summed E-state index contributed by atoms with van der Waals surface area (Å²) >= 11 is 0. The van der Waals surface area contributed by atoms with Gasteiger partial charge in [-0.05, 0) is 12.1 Å². The molecule has 1 aromatic carbocycles. The Morgan fingerprint density at radius 3 is 2.73 bits per heavy atom. The molecule has 1 saturated heterocycles.